The smallest absolute Gasteiger partial charge is 0.160 e. The summed E-state index contributed by atoms with van der Waals surface area (Å²) in [6.45, 7) is 0. The van der Waals surface area contributed by atoms with Crippen molar-refractivity contribution in [1.29, 1.82) is 0 Å². The molecular weight excluding hydrogens is 534 g/mol. The van der Waals surface area contributed by atoms with Gasteiger partial charge in [0, 0.05) is 27.6 Å². The van der Waals surface area contributed by atoms with E-state index in [4.69, 9.17) is 15.0 Å². The summed E-state index contributed by atoms with van der Waals surface area (Å²) in [5.41, 5.74) is 10.1. The molecule has 0 N–H and O–H groups in total. The first kappa shape index (κ1) is 25.8. The van der Waals surface area contributed by atoms with Crippen molar-refractivity contribution in [2.75, 3.05) is 0 Å². The molecule has 0 unspecified atom stereocenters. The second-order valence-corrected chi connectivity index (χ2v) is 10.9. The van der Waals surface area contributed by atoms with Crippen LogP contribution in [0.2, 0.25) is 0 Å². The quantitative estimate of drug-likeness (QED) is 0.196. The largest absolute Gasteiger partial charge is 0.248 e. The third kappa shape index (κ3) is 5.01. The molecule has 0 bridgehead atoms. The van der Waals surface area contributed by atoms with Crippen molar-refractivity contribution >= 4 is 21.7 Å². The lowest BCUT2D eigenvalue weighted by Crippen LogP contribution is -1.96. The third-order valence-electron chi connectivity index (χ3n) is 8.06. The summed E-state index contributed by atoms with van der Waals surface area (Å²) < 4.78 is 0. The average Bonchev–Trinajstić information content (AvgIpc) is 3.11. The molecule has 206 valence electrons. The summed E-state index contributed by atoms with van der Waals surface area (Å²) in [7, 11) is 0. The van der Waals surface area contributed by atoms with Crippen LogP contribution in [0, 0.1) is 0 Å². The van der Waals surface area contributed by atoms with Gasteiger partial charge in [-0.1, -0.05) is 133 Å². The van der Waals surface area contributed by atoms with Crippen molar-refractivity contribution in [3.05, 3.63) is 164 Å². The maximum Gasteiger partial charge on any atom is 0.160 e. The van der Waals surface area contributed by atoms with Gasteiger partial charge in [-0.3, -0.25) is 0 Å². The molecule has 3 heteroatoms. The summed E-state index contributed by atoms with van der Waals surface area (Å²) >= 11 is 0. The van der Waals surface area contributed by atoms with E-state index in [1.807, 2.05) is 24.3 Å². The van der Waals surface area contributed by atoms with E-state index in [-0.39, 0.29) is 0 Å². The first-order valence-electron chi connectivity index (χ1n) is 14.8. The highest BCUT2D eigenvalue weighted by Gasteiger charge is 2.13. The predicted molar refractivity (Wildman–Crippen MR) is 182 cm³/mol. The lowest BCUT2D eigenvalue weighted by atomic mass is 10.0. The monoisotopic (exact) mass is 561 g/mol. The second kappa shape index (κ2) is 11.0. The fourth-order valence-electron chi connectivity index (χ4n) is 5.74. The molecule has 2 aromatic heterocycles. The summed E-state index contributed by atoms with van der Waals surface area (Å²) in [5.74, 6) is 0.683. The fourth-order valence-corrected chi connectivity index (χ4v) is 5.74. The van der Waals surface area contributed by atoms with Crippen LogP contribution in [0.4, 0.5) is 0 Å². The van der Waals surface area contributed by atoms with Gasteiger partial charge < -0.3 is 0 Å². The first-order valence-corrected chi connectivity index (χ1v) is 14.8. The van der Waals surface area contributed by atoms with Gasteiger partial charge in [0.05, 0.1) is 22.6 Å². The van der Waals surface area contributed by atoms with E-state index in [0.29, 0.717) is 5.82 Å². The van der Waals surface area contributed by atoms with Crippen LogP contribution >= 0.6 is 0 Å². The predicted octanol–water partition coefficient (Wildman–Crippen LogP) is 10.5. The summed E-state index contributed by atoms with van der Waals surface area (Å²) in [5, 5.41) is 3.54. The van der Waals surface area contributed by atoms with Crippen LogP contribution in [0.25, 0.3) is 78.0 Å². The van der Waals surface area contributed by atoms with Gasteiger partial charge in [-0.25, -0.2) is 15.0 Å². The molecule has 3 nitrogen and oxygen atoms in total. The zero-order valence-electron chi connectivity index (χ0n) is 23.9. The highest BCUT2D eigenvalue weighted by Crippen LogP contribution is 2.31. The molecular formula is C41H27N3. The second-order valence-electron chi connectivity index (χ2n) is 10.9. The van der Waals surface area contributed by atoms with Crippen LogP contribution in [0.3, 0.4) is 0 Å². The molecule has 0 aliphatic heterocycles. The molecule has 0 spiro atoms. The Balaban J connectivity index is 1.21. The Morgan fingerprint density at radius 3 is 1.55 bits per heavy atom. The maximum atomic E-state index is 5.09. The molecule has 0 atom stereocenters. The Kier molecular flexibility index (Phi) is 6.47. The number of aromatic nitrogens is 3. The van der Waals surface area contributed by atoms with Crippen molar-refractivity contribution in [1.82, 2.24) is 15.0 Å². The van der Waals surface area contributed by atoms with Gasteiger partial charge >= 0.3 is 0 Å². The zero-order chi connectivity index (χ0) is 29.3. The Bertz CT molecular complexity index is 2260. The Morgan fingerprint density at radius 2 is 0.818 bits per heavy atom. The van der Waals surface area contributed by atoms with Crippen LogP contribution < -0.4 is 0 Å². The molecule has 44 heavy (non-hydrogen) atoms. The summed E-state index contributed by atoms with van der Waals surface area (Å²) in [6, 6.07) is 56.8. The standard InChI is InChI=1S/C41H27N3/c1-3-10-28(11-4-1)29-18-20-31(21-19-29)40-27-39(30-12-5-2-6-13-30)43-41(44-40)36-17-9-16-34(25-36)37-23-22-35-24-32-14-7-8-15-33(32)26-38(35)42-37/h1-27H. The van der Waals surface area contributed by atoms with Gasteiger partial charge in [-0.15, -0.1) is 0 Å². The minimum Gasteiger partial charge on any atom is -0.248 e. The lowest BCUT2D eigenvalue weighted by molar-refractivity contribution is 1.18. The molecule has 2 heterocycles. The van der Waals surface area contributed by atoms with Gasteiger partial charge in [0.2, 0.25) is 0 Å². The van der Waals surface area contributed by atoms with Crippen LogP contribution in [-0.4, -0.2) is 15.0 Å². The highest BCUT2D eigenvalue weighted by atomic mass is 14.9. The number of rotatable bonds is 5. The van der Waals surface area contributed by atoms with Crippen LogP contribution in [0.15, 0.2) is 164 Å². The lowest BCUT2D eigenvalue weighted by Gasteiger charge is -2.11. The van der Waals surface area contributed by atoms with Crippen molar-refractivity contribution in [2.45, 2.75) is 0 Å². The summed E-state index contributed by atoms with van der Waals surface area (Å²) in [6.07, 6.45) is 0. The molecule has 0 saturated carbocycles. The molecule has 8 aromatic rings. The SMILES string of the molecule is c1ccc(-c2ccc(-c3cc(-c4ccccc4)nc(-c4cccc(-c5ccc6cc7ccccc7cc6n5)c4)n3)cc2)cc1. The molecule has 8 rings (SSSR count). The highest BCUT2D eigenvalue weighted by molar-refractivity contribution is 5.97. The van der Waals surface area contributed by atoms with Gasteiger partial charge in [0.15, 0.2) is 5.82 Å². The number of hydrogen-bond acceptors (Lipinski definition) is 3. The molecule has 0 amide bonds. The zero-order valence-corrected chi connectivity index (χ0v) is 23.9. The van der Waals surface area contributed by atoms with Crippen molar-refractivity contribution < 1.29 is 0 Å². The van der Waals surface area contributed by atoms with Crippen LogP contribution in [0.5, 0.6) is 0 Å². The minimum absolute atomic E-state index is 0.683. The topological polar surface area (TPSA) is 38.7 Å². The number of benzene rings is 6. The molecule has 0 fully saturated rings. The molecule has 0 radical (unpaired) electrons. The third-order valence-corrected chi connectivity index (χ3v) is 8.06. The van der Waals surface area contributed by atoms with Crippen LogP contribution in [-0.2, 0) is 0 Å². The number of pyridine rings is 1. The Morgan fingerprint density at radius 1 is 0.273 bits per heavy atom. The summed E-state index contributed by atoms with van der Waals surface area (Å²) in [4.78, 5) is 15.2. The Labute approximate surface area is 256 Å². The number of nitrogens with zero attached hydrogens (tertiary/aromatic N) is 3. The van der Waals surface area contributed by atoms with Crippen molar-refractivity contribution in [3.8, 4) is 56.3 Å². The van der Waals surface area contributed by atoms with E-state index in [1.165, 1.54) is 21.9 Å². The fraction of sp³-hybridized carbons (Fsp3) is 0. The van der Waals surface area contributed by atoms with Crippen molar-refractivity contribution in [3.63, 3.8) is 0 Å². The average molecular weight is 562 g/mol. The first-order chi connectivity index (χ1) is 21.8. The van der Waals surface area contributed by atoms with Gasteiger partial charge in [0.25, 0.3) is 0 Å². The van der Waals surface area contributed by atoms with E-state index < -0.39 is 0 Å². The van der Waals surface area contributed by atoms with Crippen molar-refractivity contribution in [2.24, 2.45) is 0 Å². The molecule has 0 aliphatic carbocycles. The molecule has 0 aliphatic rings. The van der Waals surface area contributed by atoms with E-state index in [0.717, 1.165) is 50.2 Å². The van der Waals surface area contributed by atoms with E-state index >= 15 is 0 Å². The number of fused-ring (bicyclic) bond motifs is 2. The van der Waals surface area contributed by atoms with E-state index in [9.17, 15) is 0 Å². The van der Waals surface area contributed by atoms with Gasteiger partial charge in [-0.2, -0.15) is 0 Å². The Hall–Kier alpha value is -5.93. The maximum absolute atomic E-state index is 5.09. The van der Waals surface area contributed by atoms with Gasteiger partial charge in [0.1, 0.15) is 0 Å². The van der Waals surface area contributed by atoms with Gasteiger partial charge in [-0.05, 0) is 52.2 Å². The molecule has 6 aromatic carbocycles. The van der Waals surface area contributed by atoms with E-state index in [1.54, 1.807) is 0 Å². The van der Waals surface area contributed by atoms with Crippen LogP contribution in [0.1, 0.15) is 0 Å². The van der Waals surface area contributed by atoms with E-state index in [2.05, 4.69) is 140 Å². The number of hydrogen-bond donors (Lipinski definition) is 0. The molecule has 0 saturated heterocycles. The normalized spacial score (nSPS) is 11.2. The minimum atomic E-state index is 0.683.